The van der Waals surface area contributed by atoms with Crippen molar-refractivity contribution in [1.29, 1.82) is 0 Å². The fourth-order valence-corrected chi connectivity index (χ4v) is 2.77. The van der Waals surface area contributed by atoms with Gasteiger partial charge in [0.05, 0.1) is 6.54 Å². The number of hydrogen-bond donors (Lipinski definition) is 1. The van der Waals surface area contributed by atoms with Crippen molar-refractivity contribution in [3.05, 3.63) is 47.0 Å². The van der Waals surface area contributed by atoms with Crippen molar-refractivity contribution in [1.82, 2.24) is 14.9 Å². The van der Waals surface area contributed by atoms with Crippen LogP contribution in [-0.2, 0) is 19.6 Å². The number of nitrogens with one attached hydrogen (secondary N) is 1. The molecule has 0 saturated heterocycles. The Morgan fingerprint density at radius 3 is 3.05 bits per heavy atom. The maximum Gasteiger partial charge on any atom is 0.128 e. The lowest BCUT2D eigenvalue weighted by Crippen LogP contribution is -2.33. The Morgan fingerprint density at radius 1 is 1.35 bits per heavy atom. The first-order chi connectivity index (χ1) is 9.78. The summed E-state index contributed by atoms with van der Waals surface area (Å²) < 4.78 is 2.21. The number of hydrogen-bond acceptors (Lipinski definition) is 3. The highest BCUT2D eigenvalue weighted by Gasteiger charge is 2.17. The number of halogens is 1. The normalized spacial score (nSPS) is 14.4. The first kappa shape index (κ1) is 13.5. The average molecular weight is 291 g/mol. The molecule has 1 aromatic carbocycles. The Balaban J connectivity index is 1.76. The summed E-state index contributed by atoms with van der Waals surface area (Å²) in [4.78, 5) is 6.72. The lowest BCUT2D eigenvalue weighted by Gasteiger charge is -2.30. The number of imidazole rings is 1. The quantitative estimate of drug-likeness (QED) is 0.940. The van der Waals surface area contributed by atoms with Crippen LogP contribution in [0.5, 0.6) is 0 Å². The zero-order valence-electron chi connectivity index (χ0n) is 11.6. The number of fused-ring (bicyclic) bond motifs is 1. The summed E-state index contributed by atoms with van der Waals surface area (Å²) in [5.41, 5.74) is 2.32. The third-order valence-electron chi connectivity index (χ3n) is 3.71. The maximum atomic E-state index is 6.38. The summed E-state index contributed by atoms with van der Waals surface area (Å²) in [6.07, 6.45) is 3.91. The molecule has 0 atom stereocenters. The molecule has 106 valence electrons. The molecule has 2 aromatic rings. The van der Waals surface area contributed by atoms with E-state index in [1.54, 1.807) is 0 Å². The predicted octanol–water partition coefficient (Wildman–Crippen LogP) is 2.67. The van der Waals surface area contributed by atoms with E-state index in [4.69, 9.17) is 11.6 Å². The van der Waals surface area contributed by atoms with Crippen LogP contribution in [0.3, 0.4) is 0 Å². The molecule has 0 bridgehead atoms. The Kier molecular flexibility index (Phi) is 3.94. The van der Waals surface area contributed by atoms with Crippen molar-refractivity contribution >= 4 is 17.3 Å². The van der Waals surface area contributed by atoms with E-state index in [-0.39, 0.29) is 0 Å². The second kappa shape index (κ2) is 5.85. The van der Waals surface area contributed by atoms with E-state index < -0.39 is 0 Å². The zero-order valence-corrected chi connectivity index (χ0v) is 12.4. The third-order valence-corrected chi connectivity index (χ3v) is 4.06. The van der Waals surface area contributed by atoms with Crippen LogP contribution in [0, 0.1) is 0 Å². The van der Waals surface area contributed by atoms with Crippen LogP contribution in [0.25, 0.3) is 0 Å². The van der Waals surface area contributed by atoms with Crippen LogP contribution >= 0.6 is 11.6 Å². The van der Waals surface area contributed by atoms with Crippen LogP contribution < -0.4 is 10.2 Å². The molecule has 0 amide bonds. The van der Waals surface area contributed by atoms with Gasteiger partial charge >= 0.3 is 0 Å². The van der Waals surface area contributed by atoms with Gasteiger partial charge in [-0.2, -0.15) is 0 Å². The van der Waals surface area contributed by atoms with E-state index in [0.29, 0.717) is 0 Å². The molecule has 0 aliphatic carbocycles. The monoisotopic (exact) mass is 290 g/mol. The highest BCUT2D eigenvalue weighted by molar-refractivity contribution is 6.31. The largest absolute Gasteiger partial charge is 0.362 e. The predicted molar refractivity (Wildman–Crippen MR) is 82.1 cm³/mol. The number of aromatic nitrogens is 2. The summed E-state index contributed by atoms with van der Waals surface area (Å²) in [5, 5.41) is 4.13. The van der Waals surface area contributed by atoms with Gasteiger partial charge in [-0.25, -0.2) is 4.98 Å². The summed E-state index contributed by atoms with van der Waals surface area (Å²) in [6.45, 7) is 6.68. The summed E-state index contributed by atoms with van der Waals surface area (Å²) in [5.74, 6) is 1.11. The van der Waals surface area contributed by atoms with Crippen molar-refractivity contribution in [2.75, 3.05) is 18.0 Å². The van der Waals surface area contributed by atoms with E-state index in [9.17, 15) is 0 Å². The fourth-order valence-electron chi connectivity index (χ4n) is 2.53. The molecule has 0 radical (unpaired) electrons. The molecule has 1 aromatic heterocycles. The van der Waals surface area contributed by atoms with Crippen LogP contribution in [-0.4, -0.2) is 22.6 Å². The van der Waals surface area contributed by atoms with Gasteiger partial charge in [-0.1, -0.05) is 24.6 Å². The molecule has 1 aliphatic rings. The van der Waals surface area contributed by atoms with Crippen molar-refractivity contribution in [2.45, 2.75) is 26.6 Å². The van der Waals surface area contributed by atoms with Gasteiger partial charge in [0.2, 0.25) is 0 Å². The van der Waals surface area contributed by atoms with Crippen LogP contribution in [0.4, 0.5) is 5.69 Å². The Labute approximate surface area is 124 Å². The van der Waals surface area contributed by atoms with Gasteiger partial charge in [0, 0.05) is 42.7 Å². The van der Waals surface area contributed by atoms with Crippen molar-refractivity contribution in [3.63, 3.8) is 0 Å². The molecule has 5 heteroatoms. The molecule has 0 unspecified atom stereocenters. The minimum Gasteiger partial charge on any atom is -0.362 e. The van der Waals surface area contributed by atoms with Crippen LogP contribution in [0.1, 0.15) is 18.3 Å². The summed E-state index contributed by atoms with van der Waals surface area (Å²) in [6, 6.07) is 6.32. The van der Waals surface area contributed by atoms with Gasteiger partial charge in [0.25, 0.3) is 0 Å². The molecule has 20 heavy (non-hydrogen) atoms. The Hall–Kier alpha value is -1.52. The highest BCUT2D eigenvalue weighted by Crippen LogP contribution is 2.26. The van der Waals surface area contributed by atoms with Gasteiger partial charge in [0.15, 0.2) is 0 Å². The van der Waals surface area contributed by atoms with Gasteiger partial charge in [-0.3, -0.25) is 0 Å². The van der Waals surface area contributed by atoms with Gasteiger partial charge in [0.1, 0.15) is 5.82 Å². The molecule has 3 rings (SSSR count). The number of anilines is 1. The Morgan fingerprint density at radius 2 is 2.25 bits per heavy atom. The molecular weight excluding hydrogens is 272 g/mol. The lowest BCUT2D eigenvalue weighted by molar-refractivity contribution is 0.560. The van der Waals surface area contributed by atoms with E-state index in [1.807, 2.05) is 12.4 Å². The summed E-state index contributed by atoms with van der Waals surface area (Å²) >= 11 is 6.38. The van der Waals surface area contributed by atoms with Crippen LogP contribution in [0.2, 0.25) is 5.02 Å². The molecule has 0 spiro atoms. The second-order valence-corrected chi connectivity index (χ2v) is 5.42. The minimum absolute atomic E-state index is 0.819. The van der Waals surface area contributed by atoms with Crippen molar-refractivity contribution < 1.29 is 0 Å². The number of nitrogens with zero attached hydrogens (tertiary/aromatic N) is 3. The highest BCUT2D eigenvalue weighted by atomic mass is 35.5. The number of rotatable bonds is 4. The van der Waals surface area contributed by atoms with Crippen molar-refractivity contribution in [2.24, 2.45) is 0 Å². The Bertz CT molecular complexity index is 593. The van der Waals surface area contributed by atoms with Gasteiger partial charge in [-0.15, -0.1) is 0 Å². The van der Waals surface area contributed by atoms with Crippen molar-refractivity contribution in [3.8, 4) is 0 Å². The fraction of sp³-hybridized carbons (Fsp3) is 0.400. The van der Waals surface area contributed by atoms with E-state index in [0.717, 1.165) is 49.1 Å². The first-order valence-corrected chi connectivity index (χ1v) is 7.40. The second-order valence-electron chi connectivity index (χ2n) is 5.01. The average Bonchev–Trinajstić information content (AvgIpc) is 2.93. The lowest BCUT2D eigenvalue weighted by atomic mass is 10.1. The third kappa shape index (κ3) is 2.67. The molecule has 0 saturated carbocycles. The maximum absolute atomic E-state index is 6.38. The summed E-state index contributed by atoms with van der Waals surface area (Å²) in [7, 11) is 0. The van der Waals surface area contributed by atoms with E-state index in [2.05, 4.69) is 44.9 Å². The molecule has 1 aliphatic heterocycles. The zero-order chi connectivity index (χ0) is 13.9. The van der Waals surface area contributed by atoms with Gasteiger partial charge in [-0.05, 0) is 24.2 Å². The number of benzene rings is 1. The molecule has 0 fully saturated rings. The van der Waals surface area contributed by atoms with Crippen LogP contribution in [0.15, 0.2) is 30.6 Å². The first-order valence-electron chi connectivity index (χ1n) is 7.02. The topological polar surface area (TPSA) is 33.1 Å². The molecule has 1 N–H and O–H groups in total. The van der Waals surface area contributed by atoms with E-state index >= 15 is 0 Å². The standard InChI is InChI=1S/C15H19ClN4/c1-2-17-10-12-3-4-13(9-14(12)16)20-8-7-19-6-5-18-15(19)11-20/h3-6,9,17H,2,7-8,10-11H2,1H3. The smallest absolute Gasteiger partial charge is 0.128 e. The van der Waals surface area contributed by atoms with Gasteiger partial charge < -0.3 is 14.8 Å². The van der Waals surface area contributed by atoms with E-state index in [1.165, 1.54) is 5.69 Å². The SMILES string of the molecule is CCNCc1ccc(N2CCn3ccnc3C2)cc1Cl. The minimum atomic E-state index is 0.819. The molecule has 2 heterocycles. The molecular formula is C15H19ClN4. The molecule has 4 nitrogen and oxygen atoms in total.